The summed E-state index contributed by atoms with van der Waals surface area (Å²) in [5, 5.41) is 13.1. The van der Waals surface area contributed by atoms with E-state index in [1.54, 1.807) is 22.7 Å². The van der Waals surface area contributed by atoms with Crippen molar-refractivity contribution in [3.05, 3.63) is 291 Å². The molecule has 10 nitrogen and oxygen atoms in total. The van der Waals surface area contributed by atoms with E-state index in [-0.39, 0.29) is 0 Å². The number of rotatable bonds is 9. The first-order chi connectivity index (χ1) is 50.4. The third-order valence-corrected chi connectivity index (χ3v) is 22.3. The molecule has 0 aliphatic carbocycles. The van der Waals surface area contributed by atoms with E-state index in [4.69, 9.17) is 47.6 Å². The molecule has 0 saturated heterocycles. The van der Waals surface area contributed by atoms with Gasteiger partial charge in [-0.1, -0.05) is 200 Å². The standard InChI is InChI=1S/C90H48N6O4S2/c1-2-13-50(14-3-1)85-91-87(94-88(92-85)56-32-38-63-70-43-53(35-41-78(70)101-80(63)47-56)58-18-10-20-65-60-15-4-7-23-72(60)99-83(58)65)55-34-40-75-69(45-55)62-37-31-52(46-77(62)98-75)49-27-29-51(30-28-49)86-93-89(96-90(95-86)68-22-12-26-76-82(68)67-17-6-9-25-74(67)97-76)57-33-39-64-71-44-54(36-42-79(71)102-81(64)48-57)59-19-11-21-66-61-16-5-8-24-73(61)100-84(59)66/h1-48H. The predicted octanol–water partition coefficient (Wildman–Crippen LogP) is 25.4. The van der Waals surface area contributed by atoms with Gasteiger partial charge in [-0.2, -0.15) is 0 Å². The lowest BCUT2D eigenvalue weighted by Crippen LogP contribution is -2.00. The van der Waals surface area contributed by atoms with Crippen LogP contribution in [0.2, 0.25) is 0 Å². The van der Waals surface area contributed by atoms with Gasteiger partial charge in [-0.25, -0.2) is 29.9 Å². The van der Waals surface area contributed by atoms with Gasteiger partial charge in [0, 0.05) is 128 Å². The predicted molar refractivity (Wildman–Crippen MR) is 417 cm³/mol. The van der Waals surface area contributed by atoms with Crippen LogP contribution in [0.25, 0.3) is 230 Å². The van der Waals surface area contributed by atoms with Crippen LogP contribution in [0.4, 0.5) is 0 Å². The maximum Gasteiger partial charge on any atom is 0.164 e. The summed E-state index contributed by atoms with van der Waals surface area (Å²) in [7, 11) is 0. The van der Waals surface area contributed by atoms with E-state index in [2.05, 4.69) is 194 Å². The Balaban J connectivity index is 0.594. The van der Waals surface area contributed by atoms with Crippen molar-refractivity contribution in [2.24, 2.45) is 0 Å². The molecule has 474 valence electrons. The number of nitrogens with zero attached hydrogens (tertiary/aromatic N) is 6. The van der Waals surface area contributed by atoms with Gasteiger partial charge in [0.05, 0.1) is 0 Å². The van der Waals surface area contributed by atoms with Crippen LogP contribution in [-0.2, 0) is 0 Å². The Labute approximate surface area is 587 Å². The first-order valence-electron chi connectivity index (χ1n) is 33.8. The van der Waals surface area contributed by atoms with E-state index in [1.165, 1.54) is 25.6 Å². The van der Waals surface area contributed by atoms with Crippen LogP contribution in [0.1, 0.15) is 0 Å². The quantitative estimate of drug-likeness (QED) is 0.138. The lowest BCUT2D eigenvalue weighted by molar-refractivity contribution is 0.668. The van der Waals surface area contributed by atoms with Crippen molar-refractivity contribution in [3.8, 4) is 102 Å². The molecule has 8 aromatic heterocycles. The fraction of sp³-hybridized carbons (Fsp3) is 0. The van der Waals surface area contributed by atoms with Crippen LogP contribution >= 0.6 is 22.7 Å². The maximum absolute atomic E-state index is 6.67. The highest BCUT2D eigenvalue weighted by atomic mass is 32.1. The number of aromatic nitrogens is 6. The fourth-order valence-corrected chi connectivity index (χ4v) is 17.3. The SMILES string of the molecule is c1ccc(-c2nc(-c3ccc4c(c3)sc3ccc(-c5cccc6c5oc5ccccc56)cc34)nc(-c3ccc4oc5cc(-c6ccc(-c7nc(-c8ccc9c(c8)sc8ccc(-c%10cccc%11c%10oc%10ccccc%10%11)cc89)nc(-c8cccc9oc%10ccccc%10c89)n7)cc6)ccc5c4c3)n2)cc1. The molecule has 0 fully saturated rings. The van der Waals surface area contributed by atoms with Crippen molar-refractivity contribution >= 4 is 151 Å². The van der Waals surface area contributed by atoms with Crippen molar-refractivity contribution in [1.82, 2.24) is 29.9 Å². The lowest BCUT2D eigenvalue weighted by Gasteiger charge is -2.10. The van der Waals surface area contributed by atoms with E-state index < -0.39 is 0 Å². The van der Waals surface area contributed by atoms with Gasteiger partial charge in [0.2, 0.25) is 0 Å². The molecule has 0 aliphatic rings. The molecule has 0 N–H and O–H groups in total. The first kappa shape index (κ1) is 56.7. The van der Waals surface area contributed by atoms with Crippen LogP contribution in [0.15, 0.2) is 309 Å². The molecule has 102 heavy (non-hydrogen) atoms. The van der Waals surface area contributed by atoms with Crippen molar-refractivity contribution < 1.29 is 17.7 Å². The zero-order valence-electron chi connectivity index (χ0n) is 53.8. The monoisotopic (exact) mass is 1340 g/mol. The topological polar surface area (TPSA) is 130 Å². The van der Waals surface area contributed by atoms with E-state index in [1.807, 2.05) is 97.1 Å². The molecule has 22 aromatic rings. The van der Waals surface area contributed by atoms with Crippen LogP contribution in [-0.4, -0.2) is 29.9 Å². The van der Waals surface area contributed by atoms with E-state index in [0.717, 1.165) is 169 Å². The van der Waals surface area contributed by atoms with Gasteiger partial charge in [0.25, 0.3) is 0 Å². The molecular weight excluding hydrogens is 1290 g/mol. The number of fused-ring (bicyclic) bond motifs is 18. The third-order valence-electron chi connectivity index (χ3n) is 20.0. The first-order valence-corrected chi connectivity index (χ1v) is 35.4. The summed E-state index contributed by atoms with van der Waals surface area (Å²) >= 11 is 3.54. The van der Waals surface area contributed by atoms with Crippen molar-refractivity contribution in [2.75, 3.05) is 0 Å². The summed E-state index contributed by atoms with van der Waals surface area (Å²) in [5.41, 5.74) is 18.3. The molecule has 0 bridgehead atoms. The van der Waals surface area contributed by atoms with Gasteiger partial charge in [-0.3, -0.25) is 0 Å². The summed E-state index contributed by atoms with van der Waals surface area (Å²) in [5.74, 6) is 3.43. The molecule has 0 saturated carbocycles. The largest absolute Gasteiger partial charge is 0.456 e. The fourth-order valence-electron chi connectivity index (χ4n) is 15.1. The Morgan fingerprint density at radius 1 is 0.186 bits per heavy atom. The molecule has 0 unspecified atom stereocenters. The molecule has 0 aliphatic heterocycles. The molecule has 0 spiro atoms. The molecule has 0 atom stereocenters. The Kier molecular flexibility index (Phi) is 12.3. The van der Waals surface area contributed by atoms with Crippen molar-refractivity contribution in [3.63, 3.8) is 0 Å². The summed E-state index contributed by atoms with van der Waals surface area (Å²) in [4.78, 5) is 31.4. The molecule has 0 radical (unpaired) electrons. The minimum atomic E-state index is 0.554. The highest BCUT2D eigenvalue weighted by molar-refractivity contribution is 7.26. The molecule has 12 heteroatoms. The maximum atomic E-state index is 6.67. The average molecular weight is 1340 g/mol. The number of hydrogen-bond donors (Lipinski definition) is 0. The van der Waals surface area contributed by atoms with Crippen LogP contribution in [0.3, 0.4) is 0 Å². The van der Waals surface area contributed by atoms with Crippen LogP contribution < -0.4 is 0 Å². The minimum Gasteiger partial charge on any atom is -0.456 e. The highest BCUT2D eigenvalue weighted by Crippen LogP contribution is 2.46. The Morgan fingerprint density at radius 2 is 0.578 bits per heavy atom. The van der Waals surface area contributed by atoms with Gasteiger partial charge in [-0.15, -0.1) is 22.7 Å². The number of hydrogen-bond acceptors (Lipinski definition) is 12. The molecular formula is C90H48N6O4S2. The zero-order chi connectivity index (χ0) is 66.7. The van der Waals surface area contributed by atoms with Gasteiger partial charge in [-0.05, 0) is 113 Å². The molecule has 14 aromatic carbocycles. The van der Waals surface area contributed by atoms with Gasteiger partial charge >= 0.3 is 0 Å². The second-order valence-corrected chi connectivity index (χ2v) is 28.1. The number of thiophene rings is 2. The molecule has 22 rings (SSSR count). The van der Waals surface area contributed by atoms with Crippen LogP contribution in [0.5, 0.6) is 0 Å². The summed E-state index contributed by atoms with van der Waals surface area (Å²) in [6.45, 7) is 0. The van der Waals surface area contributed by atoms with Crippen molar-refractivity contribution in [1.29, 1.82) is 0 Å². The second-order valence-electron chi connectivity index (χ2n) is 26.0. The average Bonchev–Trinajstić information content (AvgIpc) is 1.59. The Hall–Kier alpha value is -13.3. The Morgan fingerprint density at radius 3 is 1.19 bits per heavy atom. The number of benzene rings is 14. The lowest BCUT2D eigenvalue weighted by atomic mass is 10.00. The zero-order valence-corrected chi connectivity index (χ0v) is 55.5. The van der Waals surface area contributed by atoms with E-state index >= 15 is 0 Å². The van der Waals surface area contributed by atoms with Gasteiger partial charge in [0.1, 0.15) is 44.7 Å². The third kappa shape index (κ3) is 9.03. The van der Waals surface area contributed by atoms with Gasteiger partial charge in [0.15, 0.2) is 34.9 Å². The van der Waals surface area contributed by atoms with Crippen LogP contribution in [0, 0.1) is 0 Å². The summed E-state index contributed by atoms with van der Waals surface area (Å²) < 4.78 is 30.7. The summed E-state index contributed by atoms with van der Waals surface area (Å²) in [6.07, 6.45) is 0. The molecule has 0 amide bonds. The Bertz CT molecular complexity index is 7280. The second kappa shape index (κ2) is 22.1. The van der Waals surface area contributed by atoms with Crippen molar-refractivity contribution in [2.45, 2.75) is 0 Å². The number of furan rings is 4. The van der Waals surface area contributed by atoms with E-state index in [0.29, 0.717) is 34.9 Å². The normalized spacial score (nSPS) is 12.1. The highest BCUT2D eigenvalue weighted by Gasteiger charge is 2.23. The van der Waals surface area contributed by atoms with Gasteiger partial charge < -0.3 is 17.7 Å². The van der Waals surface area contributed by atoms with E-state index in [9.17, 15) is 0 Å². The minimum absolute atomic E-state index is 0.554. The number of para-hydroxylation sites is 5. The smallest absolute Gasteiger partial charge is 0.164 e. The summed E-state index contributed by atoms with van der Waals surface area (Å²) in [6, 6.07) is 101. The molecule has 8 heterocycles.